The van der Waals surface area contributed by atoms with Crippen LogP contribution >= 0.6 is 47.8 Å². The largest absolute Gasteiger partial charge is 0.307 e. The summed E-state index contributed by atoms with van der Waals surface area (Å²) in [7, 11) is 0. The van der Waals surface area contributed by atoms with Crippen molar-refractivity contribution in [1.82, 2.24) is 14.8 Å². The third-order valence-electron chi connectivity index (χ3n) is 2.97. The van der Waals surface area contributed by atoms with E-state index in [2.05, 4.69) is 68.6 Å². The van der Waals surface area contributed by atoms with Crippen molar-refractivity contribution >= 4 is 47.8 Å². The van der Waals surface area contributed by atoms with Crippen LogP contribution in [0.3, 0.4) is 0 Å². The Morgan fingerprint density at radius 3 is 2.61 bits per heavy atom. The van der Waals surface area contributed by atoms with Gasteiger partial charge in [-0.2, -0.15) is 0 Å². The lowest BCUT2D eigenvalue weighted by Gasteiger charge is -2.09. The highest BCUT2D eigenvalue weighted by Gasteiger charge is 2.30. The number of rotatable bonds is 3. The number of benzene rings is 1. The molecule has 0 radical (unpaired) electrons. The van der Waals surface area contributed by atoms with Crippen LogP contribution in [0.15, 0.2) is 27.1 Å². The molecule has 1 heterocycles. The number of hydrogen-bond acceptors (Lipinski definition) is 2. The molecule has 0 aliphatic heterocycles. The van der Waals surface area contributed by atoms with E-state index in [1.54, 1.807) is 0 Å². The van der Waals surface area contributed by atoms with Crippen LogP contribution in [-0.2, 0) is 5.33 Å². The maximum atomic E-state index is 4.35. The molecule has 2 aromatic rings. The first-order valence-corrected chi connectivity index (χ1v) is 8.36. The highest BCUT2D eigenvalue weighted by molar-refractivity contribution is 9.11. The lowest BCUT2D eigenvalue weighted by atomic mass is 10.2. The van der Waals surface area contributed by atoms with Crippen LogP contribution < -0.4 is 0 Å². The van der Waals surface area contributed by atoms with Crippen molar-refractivity contribution in [2.45, 2.75) is 24.2 Å². The number of aromatic nitrogens is 3. The maximum absolute atomic E-state index is 4.35. The van der Waals surface area contributed by atoms with E-state index in [0.29, 0.717) is 6.04 Å². The van der Waals surface area contributed by atoms with Crippen molar-refractivity contribution in [2.24, 2.45) is 0 Å². The third-order valence-corrected chi connectivity index (χ3v) is 4.62. The molecule has 1 aliphatic carbocycles. The second-order valence-corrected chi connectivity index (χ2v) is 6.63. The minimum atomic E-state index is 0.568. The molecule has 1 aliphatic rings. The monoisotopic (exact) mass is 433 g/mol. The molecule has 6 heteroatoms. The fourth-order valence-electron chi connectivity index (χ4n) is 1.99. The Morgan fingerprint density at radius 1 is 1.22 bits per heavy atom. The second-order valence-electron chi connectivity index (χ2n) is 4.30. The summed E-state index contributed by atoms with van der Waals surface area (Å²) in [5.74, 6) is 1.95. The van der Waals surface area contributed by atoms with Crippen LogP contribution in [0.25, 0.3) is 11.4 Å². The van der Waals surface area contributed by atoms with Crippen molar-refractivity contribution in [2.75, 3.05) is 0 Å². The zero-order valence-corrected chi connectivity index (χ0v) is 14.2. The summed E-state index contributed by atoms with van der Waals surface area (Å²) in [6.07, 6.45) is 2.44. The quantitative estimate of drug-likeness (QED) is 0.654. The third kappa shape index (κ3) is 2.30. The molecule has 1 fully saturated rings. The molecule has 3 rings (SSSR count). The Balaban J connectivity index is 2.13. The average Bonchev–Trinajstić information content (AvgIpc) is 3.09. The molecule has 1 saturated carbocycles. The Kier molecular flexibility index (Phi) is 3.60. The molecule has 0 unspecified atom stereocenters. The van der Waals surface area contributed by atoms with Crippen molar-refractivity contribution in [3.63, 3.8) is 0 Å². The number of hydrogen-bond donors (Lipinski definition) is 0. The molecule has 0 atom stereocenters. The van der Waals surface area contributed by atoms with E-state index < -0.39 is 0 Å². The fraction of sp³-hybridized carbons (Fsp3) is 0.333. The Hall–Kier alpha value is -0.200. The predicted octanol–water partition coefficient (Wildman–Crippen LogP) is 4.70. The summed E-state index contributed by atoms with van der Waals surface area (Å²) < 4.78 is 4.34. The zero-order valence-electron chi connectivity index (χ0n) is 9.41. The smallest absolute Gasteiger partial charge is 0.165 e. The number of halogens is 3. The maximum Gasteiger partial charge on any atom is 0.165 e. The SMILES string of the molecule is BrCc1nnc(-c2ccc(Br)cc2Br)n1C1CC1. The second kappa shape index (κ2) is 5.06. The summed E-state index contributed by atoms with van der Waals surface area (Å²) in [4.78, 5) is 0. The van der Waals surface area contributed by atoms with Gasteiger partial charge in [-0.25, -0.2) is 0 Å². The lowest BCUT2D eigenvalue weighted by molar-refractivity contribution is 0.714. The van der Waals surface area contributed by atoms with E-state index in [1.165, 1.54) is 12.8 Å². The van der Waals surface area contributed by atoms with Gasteiger partial charge in [0.15, 0.2) is 5.82 Å². The molecule has 0 N–H and O–H groups in total. The molecule has 94 valence electrons. The van der Waals surface area contributed by atoms with E-state index in [0.717, 1.165) is 31.5 Å². The highest BCUT2D eigenvalue weighted by Crippen LogP contribution is 2.40. The number of alkyl halides is 1. The van der Waals surface area contributed by atoms with Gasteiger partial charge in [-0.1, -0.05) is 31.9 Å². The fourth-order valence-corrected chi connectivity index (χ4v) is 3.59. The van der Waals surface area contributed by atoms with Gasteiger partial charge < -0.3 is 4.57 Å². The Morgan fingerprint density at radius 2 is 2.00 bits per heavy atom. The van der Waals surface area contributed by atoms with Crippen LogP contribution in [0.1, 0.15) is 24.7 Å². The molecule has 0 bridgehead atoms. The first-order valence-electron chi connectivity index (χ1n) is 5.66. The van der Waals surface area contributed by atoms with Crippen LogP contribution in [0.5, 0.6) is 0 Å². The van der Waals surface area contributed by atoms with Crippen LogP contribution in [0.2, 0.25) is 0 Å². The van der Waals surface area contributed by atoms with Crippen molar-refractivity contribution in [3.05, 3.63) is 33.0 Å². The summed E-state index contributed by atoms with van der Waals surface area (Å²) in [5.41, 5.74) is 1.09. The van der Waals surface area contributed by atoms with Crippen LogP contribution in [0, 0.1) is 0 Å². The minimum absolute atomic E-state index is 0.568. The Bertz CT molecular complexity index is 590. The summed E-state index contributed by atoms with van der Waals surface area (Å²) in [6.45, 7) is 0. The molecular formula is C12H10Br3N3. The molecule has 0 amide bonds. The van der Waals surface area contributed by atoms with Crippen molar-refractivity contribution < 1.29 is 0 Å². The molecule has 3 nitrogen and oxygen atoms in total. The summed E-state index contributed by atoms with van der Waals surface area (Å²) in [5, 5.41) is 9.36. The van der Waals surface area contributed by atoms with Gasteiger partial charge in [0, 0.05) is 20.6 Å². The number of nitrogens with zero attached hydrogens (tertiary/aromatic N) is 3. The van der Waals surface area contributed by atoms with Crippen molar-refractivity contribution in [1.29, 1.82) is 0 Å². The topological polar surface area (TPSA) is 30.7 Å². The van der Waals surface area contributed by atoms with E-state index in [1.807, 2.05) is 12.1 Å². The summed E-state index contributed by atoms with van der Waals surface area (Å²) >= 11 is 10.5. The van der Waals surface area contributed by atoms with Gasteiger partial charge in [0.25, 0.3) is 0 Å². The minimum Gasteiger partial charge on any atom is -0.307 e. The first-order chi connectivity index (χ1) is 8.70. The van der Waals surface area contributed by atoms with Gasteiger partial charge >= 0.3 is 0 Å². The average molecular weight is 436 g/mol. The molecule has 18 heavy (non-hydrogen) atoms. The van der Waals surface area contributed by atoms with Gasteiger partial charge in [-0.3, -0.25) is 0 Å². The standard InChI is InChI=1S/C12H10Br3N3/c13-6-11-16-17-12(18(11)8-2-3-8)9-4-1-7(14)5-10(9)15/h1,4-5,8H,2-3,6H2. The molecule has 1 aromatic carbocycles. The molecule has 0 saturated heterocycles. The van der Waals surface area contributed by atoms with Gasteiger partial charge in [0.1, 0.15) is 5.82 Å². The van der Waals surface area contributed by atoms with E-state index in [9.17, 15) is 0 Å². The normalized spacial score (nSPS) is 15.1. The molecule has 1 aromatic heterocycles. The highest BCUT2D eigenvalue weighted by atomic mass is 79.9. The predicted molar refractivity (Wildman–Crippen MR) is 81.8 cm³/mol. The van der Waals surface area contributed by atoms with E-state index >= 15 is 0 Å². The van der Waals surface area contributed by atoms with Gasteiger partial charge in [0.2, 0.25) is 0 Å². The van der Waals surface area contributed by atoms with Crippen molar-refractivity contribution in [3.8, 4) is 11.4 Å². The van der Waals surface area contributed by atoms with Crippen LogP contribution in [0.4, 0.5) is 0 Å². The molecular weight excluding hydrogens is 426 g/mol. The Labute approximate surface area is 130 Å². The zero-order chi connectivity index (χ0) is 12.7. The van der Waals surface area contributed by atoms with Gasteiger partial charge in [-0.05, 0) is 47.0 Å². The lowest BCUT2D eigenvalue weighted by Crippen LogP contribution is -2.02. The van der Waals surface area contributed by atoms with E-state index in [-0.39, 0.29) is 0 Å². The summed E-state index contributed by atoms with van der Waals surface area (Å²) in [6, 6.07) is 6.70. The van der Waals surface area contributed by atoms with E-state index in [4.69, 9.17) is 0 Å². The van der Waals surface area contributed by atoms with Crippen LogP contribution in [-0.4, -0.2) is 14.8 Å². The van der Waals surface area contributed by atoms with Gasteiger partial charge in [0.05, 0.1) is 5.33 Å². The first kappa shape index (κ1) is 12.8. The molecule has 0 spiro atoms. The van der Waals surface area contributed by atoms with Gasteiger partial charge in [-0.15, -0.1) is 10.2 Å².